The minimum absolute atomic E-state index is 0.0283. The third-order valence-electron chi connectivity index (χ3n) is 6.79. The summed E-state index contributed by atoms with van der Waals surface area (Å²) in [5, 5.41) is 16.9. The Morgan fingerprint density at radius 2 is 1.73 bits per heavy atom. The van der Waals surface area contributed by atoms with E-state index in [2.05, 4.69) is 28.6 Å². The number of hydrogen-bond donors (Lipinski definition) is 3. The molecule has 0 aliphatic carbocycles. The smallest absolute Gasteiger partial charge is 0.332 e. The molecule has 0 aliphatic rings. The maximum Gasteiger partial charge on any atom is 0.332 e. The zero-order valence-electron chi connectivity index (χ0n) is 22.5. The standard InChI is InChI=1S/C28H32F2N6O4/c1-4-17-6-5-7-18(8-17)13-31-14-23(37)22(11-19-9-20(29)12-21(30)10-19)33-24(38)15-36-16-32-25-26(36)34(2)28(40)35(3)27(25)39/h5-10,12,16,22-23,31,37H,4,11,13-15H2,1-3H3,(H,33,38). The summed E-state index contributed by atoms with van der Waals surface area (Å²) in [5.74, 6) is -2.09. The summed E-state index contributed by atoms with van der Waals surface area (Å²) in [4.78, 5) is 42.0. The third kappa shape index (κ3) is 6.52. The second-order valence-corrected chi connectivity index (χ2v) is 9.78. The lowest BCUT2D eigenvalue weighted by molar-refractivity contribution is -0.123. The molecule has 212 valence electrons. The second kappa shape index (κ2) is 12.3. The van der Waals surface area contributed by atoms with Gasteiger partial charge in [0.1, 0.15) is 23.8 Å². The molecule has 2 atom stereocenters. The van der Waals surface area contributed by atoms with Crippen molar-refractivity contribution in [2.45, 2.75) is 45.0 Å². The van der Waals surface area contributed by atoms with Gasteiger partial charge in [-0.3, -0.25) is 18.7 Å². The lowest BCUT2D eigenvalue weighted by Crippen LogP contribution is -2.49. The summed E-state index contributed by atoms with van der Waals surface area (Å²) in [5.41, 5.74) is 1.51. The van der Waals surface area contributed by atoms with Gasteiger partial charge in [-0.05, 0) is 41.7 Å². The van der Waals surface area contributed by atoms with Crippen molar-refractivity contribution in [3.63, 3.8) is 0 Å². The minimum Gasteiger partial charge on any atom is -0.390 e. The van der Waals surface area contributed by atoms with Crippen LogP contribution in [-0.4, -0.2) is 48.4 Å². The van der Waals surface area contributed by atoms with Gasteiger partial charge < -0.3 is 20.3 Å². The SMILES string of the molecule is CCc1cccc(CNCC(O)C(Cc2cc(F)cc(F)c2)NC(=O)Cn2cnc3c(=O)n(C)c(=O)n(C)c32)c1. The van der Waals surface area contributed by atoms with Crippen molar-refractivity contribution in [2.75, 3.05) is 6.54 Å². The number of amides is 1. The van der Waals surface area contributed by atoms with Crippen molar-refractivity contribution in [2.24, 2.45) is 14.1 Å². The number of fused-ring (bicyclic) bond motifs is 1. The summed E-state index contributed by atoms with van der Waals surface area (Å²) in [6.07, 6.45) is 1.02. The minimum atomic E-state index is -1.11. The van der Waals surface area contributed by atoms with Crippen LogP contribution in [0.4, 0.5) is 8.78 Å². The summed E-state index contributed by atoms with van der Waals surface area (Å²) in [7, 11) is 2.80. The fourth-order valence-electron chi connectivity index (χ4n) is 4.69. The number of aliphatic hydroxyl groups is 1. The molecule has 40 heavy (non-hydrogen) atoms. The van der Waals surface area contributed by atoms with Gasteiger partial charge in [0.15, 0.2) is 5.52 Å². The Kier molecular flexibility index (Phi) is 8.90. The molecule has 12 heteroatoms. The first-order valence-electron chi connectivity index (χ1n) is 12.9. The van der Waals surface area contributed by atoms with Gasteiger partial charge in [0, 0.05) is 33.3 Å². The number of hydrogen-bond acceptors (Lipinski definition) is 6. The van der Waals surface area contributed by atoms with Crippen LogP contribution in [-0.2, 0) is 44.8 Å². The number of nitrogens with one attached hydrogen (secondary N) is 2. The Balaban J connectivity index is 1.51. The maximum atomic E-state index is 13.9. The number of aryl methyl sites for hydroxylation is 2. The molecule has 0 saturated carbocycles. The largest absolute Gasteiger partial charge is 0.390 e. The molecule has 0 saturated heterocycles. The summed E-state index contributed by atoms with van der Waals surface area (Å²) in [6, 6.07) is 10.1. The molecule has 4 rings (SSSR count). The number of aliphatic hydroxyl groups excluding tert-OH is 1. The zero-order chi connectivity index (χ0) is 29.0. The molecule has 0 fully saturated rings. The predicted molar refractivity (Wildman–Crippen MR) is 146 cm³/mol. The first-order valence-corrected chi connectivity index (χ1v) is 12.9. The van der Waals surface area contributed by atoms with Crippen LogP contribution in [0.2, 0.25) is 0 Å². The van der Waals surface area contributed by atoms with Crippen LogP contribution in [0.15, 0.2) is 58.4 Å². The predicted octanol–water partition coefficient (Wildman–Crippen LogP) is 1.15. The Bertz CT molecular complexity index is 1620. The van der Waals surface area contributed by atoms with Gasteiger partial charge in [-0.15, -0.1) is 0 Å². The van der Waals surface area contributed by atoms with E-state index >= 15 is 0 Å². The monoisotopic (exact) mass is 554 g/mol. The Hall–Kier alpha value is -4.16. The van der Waals surface area contributed by atoms with E-state index in [1.165, 1.54) is 35.1 Å². The van der Waals surface area contributed by atoms with Crippen molar-refractivity contribution in [1.29, 1.82) is 0 Å². The lowest BCUT2D eigenvalue weighted by Gasteiger charge is -2.25. The van der Waals surface area contributed by atoms with Gasteiger partial charge in [0.05, 0.1) is 18.5 Å². The lowest BCUT2D eigenvalue weighted by atomic mass is 10.0. The van der Waals surface area contributed by atoms with E-state index in [-0.39, 0.29) is 36.2 Å². The van der Waals surface area contributed by atoms with Gasteiger partial charge in [-0.2, -0.15) is 0 Å². The van der Waals surface area contributed by atoms with Crippen LogP contribution in [0.5, 0.6) is 0 Å². The number of rotatable bonds is 11. The van der Waals surface area contributed by atoms with E-state index in [0.29, 0.717) is 6.54 Å². The molecule has 0 aliphatic heterocycles. The normalized spacial score (nSPS) is 12.9. The Morgan fingerprint density at radius 3 is 2.42 bits per heavy atom. The van der Waals surface area contributed by atoms with Crippen LogP contribution in [0.25, 0.3) is 11.2 Å². The van der Waals surface area contributed by atoms with Gasteiger partial charge in [-0.25, -0.2) is 18.6 Å². The van der Waals surface area contributed by atoms with Gasteiger partial charge >= 0.3 is 5.69 Å². The summed E-state index contributed by atoms with van der Waals surface area (Å²) >= 11 is 0. The molecular formula is C28H32F2N6O4. The molecular weight excluding hydrogens is 522 g/mol. The Labute approximate surface area is 228 Å². The van der Waals surface area contributed by atoms with E-state index in [4.69, 9.17) is 0 Å². The highest BCUT2D eigenvalue weighted by Crippen LogP contribution is 2.13. The first kappa shape index (κ1) is 28.8. The van der Waals surface area contributed by atoms with Crippen LogP contribution >= 0.6 is 0 Å². The fourth-order valence-corrected chi connectivity index (χ4v) is 4.69. The van der Waals surface area contributed by atoms with Crippen molar-refractivity contribution in [3.05, 3.63) is 98.0 Å². The Morgan fingerprint density at radius 1 is 1.02 bits per heavy atom. The summed E-state index contributed by atoms with van der Waals surface area (Å²) < 4.78 is 31.2. The molecule has 0 spiro atoms. The fraction of sp³-hybridized carbons (Fsp3) is 0.357. The molecule has 3 N–H and O–H groups in total. The summed E-state index contributed by atoms with van der Waals surface area (Å²) in [6.45, 7) is 2.32. The number of nitrogens with zero attached hydrogens (tertiary/aromatic N) is 4. The van der Waals surface area contributed by atoms with Gasteiger partial charge in [0.2, 0.25) is 5.91 Å². The van der Waals surface area contributed by atoms with Crippen molar-refractivity contribution in [1.82, 2.24) is 29.3 Å². The second-order valence-electron chi connectivity index (χ2n) is 9.78. The van der Waals surface area contributed by atoms with Crippen LogP contribution in [0.1, 0.15) is 23.6 Å². The molecule has 2 heterocycles. The van der Waals surface area contributed by atoms with E-state index in [0.717, 1.165) is 34.8 Å². The van der Waals surface area contributed by atoms with E-state index in [1.807, 2.05) is 18.2 Å². The molecule has 2 aromatic heterocycles. The quantitative estimate of drug-likeness (QED) is 0.256. The van der Waals surface area contributed by atoms with E-state index in [9.17, 15) is 28.3 Å². The van der Waals surface area contributed by atoms with Crippen molar-refractivity contribution < 1.29 is 18.7 Å². The van der Waals surface area contributed by atoms with Crippen LogP contribution in [0, 0.1) is 11.6 Å². The average molecular weight is 555 g/mol. The number of carbonyl (C=O) groups is 1. The van der Waals surface area contributed by atoms with Crippen LogP contribution in [0.3, 0.4) is 0 Å². The van der Waals surface area contributed by atoms with Gasteiger partial charge in [0.25, 0.3) is 5.56 Å². The molecule has 4 aromatic rings. The van der Waals surface area contributed by atoms with E-state index < -0.39 is 40.9 Å². The highest BCUT2D eigenvalue weighted by molar-refractivity contribution is 5.79. The number of aromatic nitrogens is 4. The van der Waals surface area contributed by atoms with Crippen molar-refractivity contribution in [3.8, 4) is 0 Å². The number of carbonyl (C=O) groups excluding carboxylic acids is 1. The number of imidazole rings is 1. The highest BCUT2D eigenvalue weighted by Gasteiger charge is 2.24. The molecule has 2 aromatic carbocycles. The zero-order valence-corrected chi connectivity index (χ0v) is 22.5. The molecule has 2 unspecified atom stereocenters. The molecule has 10 nitrogen and oxygen atoms in total. The molecule has 1 amide bonds. The topological polar surface area (TPSA) is 123 Å². The highest BCUT2D eigenvalue weighted by atomic mass is 19.1. The van der Waals surface area contributed by atoms with Crippen molar-refractivity contribution >= 4 is 17.1 Å². The van der Waals surface area contributed by atoms with E-state index in [1.54, 1.807) is 0 Å². The average Bonchev–Trinajstić information content (AvgIpc) is 3.33. The number of benzene rings is 2. The third-order valence-corrected chi connectivity index (χ3v) is 6.79. The molecule has 0 bridgehead atoms. The van der Waals surface area contributed by atoms with Gasteiger partial charge in [-0.1, -0.05) is 31.2 Å². The molecule has 0 radical (unpaired) electrons. The van der Waals surface area contributed by atoms with Crippen LogP contribution < -0.4 is 21.9 Å². The first-order chi connectivity index (χ1) is 19.1. The maximum absolute atomic E-state index is 13.9. The number of halogens is 2.